The quantitative estimate of drug-likeness (QED) is 0.623. The first kappa shape index (κ1) is 18.2. The summed E-state index contributed by atoms with van der Waals surface area (Å²) < 4.78 is 5.64. The van der Waals surface area contributed by atoms with Crippen LogP contribution < -0.4 is 9.64 Å². The third-order valence-electron chi connectivity index (χ3n) is 3.60. The number of carboxylic acid groups (broad SMARTS) is 1. The molecule has 1 heterocycles. The summed E-state index contributed by atoms with van der Waals surface area (Å²) in [7, 11) is 0. The van der Waals surface area contributed by atoms with Crippen LogP contribution in [0.4, 0.5) is 5.69 Å². The zero-order valence-electron chi connectivity index (χ0n) is 13.8. The second kappa shape index (κ2) is 7.72. The molecule has 0 atom stereocenters. The van der Waals surface area contributed by atoms with Gasteiger partial charge in [-0.1, -0.05) is 53.8 Å². The number of aryl methyl sites for hydroxylation is 1. The van der Waals surface area contributed by atoms with Crippen LogP contribution in [0.15, 0.2) is 53.4 Å². The van der Waals surface area contributed by atoms with Gasteiger partial charge in [0.25, 0.3) is 5.91 Å². The highest BCUT2D eigenvalue weighted by molar-refractivity contribution is 8.27. The highest BCUT2D eigenvalue weighted by Gasteiger charge is 2.33. The zero-order chi connectivity index (χ0) is 18.7. The molecule has 1 fully saturated rings. The largest absolute Gasteiger partial charge is 0.482 e. The fourth-order valence-electron chi connectivity index (χ4n) is 2.37. The Morgan fingerprint density at radius 1 is 1.27 bits per heavy atom. The van der Waals surface area contributed by atoms with Crippen LogP contribution in [0.25, 0.3) is 6.08 Å². The second-order valence-electron chi connectivity index (χ2n) is 5.61. The lowest BCUT2D eigenvalue weighted by Crippen LogP contribution is -2.27. The number of ether oxygens (including phenoxy) is 1. The number of nitrogens with zero attached hydrogens (tertiary/aromatic N) is 1. The van der Waals surface area contributed by atoms with Gasteiger partial charge >= 0.3 is 5.97 Å². The van der Waals surface area contributed by atoms with E-state index in [4.69, 9.17) is 22.1 Å². The van der Waals surface area contributed by atoms with E-state index in [2.05, 4.69) is 0 Å². The van der Waals surface area contributed by atoms with E-state index in [9.17, 15) is 9.59 Å². The molecule has 5 nitrogen and oxygen atoms in total. The molecule has 0 aromatic heterocycles. The third kappa shape index (κ3) is 4.12. The van der Waals surface area contributed by atoms with Gasteiger partial charge in [0.15, 0.2) is 10.9 Å². The Balaban J connectivity index is 1.82. The van der Waals surface area contributed by atoms with E-state index >= 15 is 0 Å². The highest BCUT2D eigenvalue weighted by Crippen LogP contribution is 2.36. The molecular weight excluding hydrogens is 370 g/mol. The number of hydrogen-bond acceptors (Lipinski definition) is 5. The van der Waals surface area contributed by atoms with Gasteiger partial charge in [-0.25, -0.2) is 4.79 Å². The van der Waals surface area contributed by atoms with Gasteiger partial charge in [-0.2, -0.15) is 0 Å². The Morgan fingerprint density at radius 2 is 2.00 bits per heavy atom. The van der Waals surface area contributed by atoms with Crippen molar-refractivity contribution in [1.82, 2.24) is 0 Å². The minimum Gasteiger partial charge on any atom is -0.482 e. The van der Waals surface area contributed by atoms with Gasteiger partial charge in [-0.05, 0) is 42.8 Å². The third-order valence-corrected chi connectivity index (χ3v) is 4.91. The Kier molecular flexibility index (Phi) is 5.39. The van der Waals surface area contributed by atoms with Gasteiger partial charge in [0.05, 0.1) is 10.6 Å². The fraction of sp³-hybridized carbons (Fsp3) is 0.105. The summed E-state index contributed by atoms with van der Waals surface area (Å²) in [6, 6.07) is 14.5. The molecule has 0 radical (unpaired) electrons. The number of thiocarbonyl (C=S) groups is 1. The first-order valence-corrected chi connectivity index (χ1v) is 8.96. The molecule has 0 aliphatic carbocycles. The van der Waals surface area contributed by atoms with E-state index in [0.717, 1.165) is 16.8 Å². The summed E-state index contributed by atoms with van der Waals surface area (Å²) in [5, 5.41) is 8.69. The van der Waals surface area contributed by atoms with Crippen molar-refractivity contribution in [3.05, 3.63) is 64.6 Å². The van der Waals surface area contributed by atoms with Crippen molar-refractivity contribution in [1.29, 1.82) is 0 Å². The van der Waals surface area contributed by atoms with Crippen LogP contribution in [-0.2, 0) is 9.59 Å². The van der Waals surface area contributed by atoms with Crippen molar-refractivity contribution < 1.29 is 19.4 Å². The first-order valence-electron chi connectivity index (χ1n) is 7.73. The number of aliphatic carboxylic acids is 1. The number of benzene rings is 2. The number of hydrogen-bond donors (Lipinski definition) is 1. The molecule has 0 spiro atoms. The molecule has 1 aliphatic rings. The minimum absolute atomic E-state index is 0.180. The zero-order valence-corrected chi connectivity index (χ0v) is 15.5. The van der Waals surface area contributed by atoms with Crippen LogP contribution in [0.2, 0.25) is 0 Å². The molecule has 7 heteroatoms. The average molecular weight is 385 g/mol. The van der Waals surface area contributed by atoms with Crippen LogP contribution in [0, 0.1) is 6.92 Å². The number of carboxylic acids is 1. The van der Waals surface area contributed by atoms with E-state index in [-0.39, 0.29) is 5.91 Å². The maximum Gasteiger partial charge on any atom is 0.341 e. The molecule has 26 heavy (non-hydrogen) atoms. The van der Waals surface area contributed by atoms with Gasteiger partial charge in [-0.3, -0.25) is 9.69 Å². The predicted octanol–water partition coefficient (Wildman–Crippen LogP) is 3.86. The van der Waals surface area contributed by atoms with Crippen LogP contribution in [0.5, 0.6) is 5.75 Å². The molecule has 2 aromatic rings. The van der Waals surface area contributed by atoms with Crippen molar-refractivity contribution in [3.8, 4) is 5.75 Å². The lowest BCUT2D eigenvalue weighted by molar-refractivity contribution is -0.139. The van der Waals surface area contributed by atoms with E-state index in [1.54, 1.807) is 24.3 Å². The van der Waals surface area contributed by atoms with Crippen LogP contribution in [-0.4, -0.2) is 27.9 Å². The number of amides is 1. The summed E-state index contributed by atoms with van der Waals surface area (Å²) >= 11 is 6.59. The molecule has 0 unspecified atom stereocenters. The molecule has 1 saturated heterocycles. The Hall–Kier alpha value is -2.64. The van der Waals surface area contributed by atoms with E-state index in [1.165, 1.54) is 16.7 Å². The highest BCUT2D eigenvalue weighted by atomic mass is 32.2. The number of thioether (sulfide) groups is 1. The molecule has 0 bridgehead atoms. The van der Waals surface area contributed by atoms with E-state index in [1.807, 2.05) is 37.3 Å². The Labute approximate surface area is 160 Å². The van der Waals surface area contributed by atoms with Crippen LogP contribution in [0.3, 0.4) is 0 Å². The van der Waals surface area contributed by atoms with Crippen molar-refractivity contribution in [3.63, 3.8) is 0 Å². The molecular formula is C19H15NO4S2. The summed E-state index contributed by atoms with van der Waals surface area (Å²) in [6.45, 7) is 1.56. The molecule has 3 rings (SSSR count). The Morgan fingerprint density at radius 3 is 2.69 bits per heavy atom. The van der Waals surface area contributed by atoms with Crippen molar-refractivity contribution >= 4 is 51.9 Å². The number of carbonyl (C=O) groups excluding carboxylic acids is 1. The van der Waals surface area contributed by atoms with Gasteiger partial charge in [0, 0.05) is 0 Å². The first-order chi connectivity index (χ1) is 12.4. The lowest BCUT2D eigenvalue weighted by atomic mass is 10.2. The monoisotopic (exact) mass is 385 g/mol. The molecule has 1 amide bonds. The molecule has 132 valence electrons. The van der Waals surface area contributed by atoms with Crippen LogP contribution in [0.1, 0.15) is 11.1 Å². The van der Waals surface area contributed by atoms with Gasteiger partial charge in [0.1, 0.15) is 5.75 Å². The van der Waals surface area contributed by atoms with Gasteiger partial charge < -0.3 is 9.84 Å². The SMILES string of the molecule is Cc1ccc(N2C(=O)C(=Cc3cccc(OCC(=O)O)c3)SC2=S)cc1. The molecule has 1 N–H and O–H groups in total. The van der Waals surface area contributed by atoms with E-state index in [0.29, 0.717) is 15.0 Å². The minimum atomic E-state index is -1.05. The maximum atomic E-state index is 12.7. The Bertz CT molecular complexity index is 906. The topological polar surface area (TPSA) is 66.8 Å². The fourth-order valence-corrected chi connectivity index (χ4v) is 3.67. The van der Waals surface area contributed by atoms with Gasteiger partial charge in [-0.15, -0.1) is 0 Å². The van der Waals surface area contributed by atoms with E-state index < -0.39 is 12.6 Å². The smallest absolute Gasteiger partial charge is 0.341 e. The van der Waals surface area contributed by atoms with Crippen molar-refractivity contribution in [2.45, 2.75) is 6.92 Å². The number of carbonyl (C=O) groups is 2. The van der Waals surface area contributed by atoms with Gasteiger partial charge in [0.2, 0.25) is 0 Å². The van der Waals surface area contributed by atoms with Crippen molar-refractivity contribution in [2.24, 2.45) is 0 Å². The number of anilines is 1. The molecule has 0 saturated carbocycles. The summed E-state index contributed by atoms with van der Waals surface area (Å²) in [6.07, 6.45) is 1.72. The summed E-state index contributed by atoms with van der Waals surface area (Å²) in [5.74, 6) is -0.801. The summed E-state index contributed by atoms with van der Waals surface area (Å²) in [5.41, 5.74) is 2.57. The average Bonchev–Trinajstić information content (AvgIpc) is 2.88. The normalized spacial score (nSPS) is 15.6. The summed E-state index contributed by atoms with van der Waals surface area (Å²) in [4.78, 5) is 25.4. The number of rotatable bonds is 5. The molecule has 1 aliphatic heterocycles. The maximum absolute atomic E-state index is 12.7. The lowest BCUT2D eigenvalue weighted by Gasteiger charge is -2.14. The standard InChI is InChI=1S/C19H15NO4S2/c1-12-5-7-14(8-6-12)20-18(23)16(26-19(20)25)10-13-3-2-4-15(9-13)24-11-17(21)22/h2-10H,11H2,1H3,(H,21,22). The van der Waals surface area contributed by atoms with Crippen LogP contribution >= 0.6 is 24.0 Å². The molecule has 2 aromatic carbocycles. The van der Waals surface area contributed by atoms with Crippen molar-refractivity contribution in [2.75, 3.05) is 11.5 Å². The predicted molar refractivity (Wildman–Crippen MR) is 106 cm³/mol. The second-order valence-corrected chi connectivity index (χ2v) is 7.28.